The highest BCUT2D eigenvalue weighted by atomic mass is 32.2. The van der Waals surface area contributed by atoms with Crippen molar-refractivity contribution in [3.63, 3.8) is 0 Å². The Balaban J connectivity index is 2.58. The van der Waals surface area contributed by atoms with Gasteiger partial charge in [0.05, 0.1) is 4.90 Å². The number of carbonyl (C=O) groups is 1. The van der Waals surface area contributed by atoms with Crippen molar-refractivity contribution in [2.45, 2.75) is 18.4 Å². The van der Waals surface area contributed by atoms with Gasteiger partial charge >= 0.3 is 0 Å². The summed E-state index contributed by atoms with van der Waals surface area (Å²) in [7, 11) is -1.37. The van der Waals surface area contributed by atoms with E-state index in [-0.39, 0.29) is 16.7 Å². The van der Waals surface area contributed by atoms with Crippen molar-refractivity contribution in [1.82, 2.24) is 10.6 Å². The van der Waals surface area contributed by atoms with E-state index in [2.05, 4.69) is 10.6 Å². The summed E-state index contributed by atoms with van der Waals surface area (Å²) < 4.78 is 22.6. The summed E-state index contributed by atoms with van der Waals surface area (Å²) in [4.78, 5) is 12.0. The molecule has 1 unspecified atom stereocenters. The molecule has 0 aliphatic rings. The fourth-order valence-electron chi connectivity index (χ4n) is 1.62. The SMILES string of the molecule is CNCC(C)C(=O)NCc1ccc(S(C)(=O)=O)cc1. The lowest BCUT2D eigenvalue weighted by molar-refractivity contribution is -0.124. The molecule has 0 aromatic heterocycles. The summed E-state index contributed by atoms with van der Waals surface area (Å²) in [5, 5.41) is 5.76. The van der Waals surface area contributed by atoms with Crippen LogP contribution in [0.5, 0.6) is 0 Å². The fourth-order valence-corrected chi connectivity index (χ4v) is 2.25. The van der Waals surface area contributed by atoms with Crippen LogP contribution >= 0.6 is 0 Å². The topological polar surface area (TPSA) is 75.3 Å². The molecule has 1 rings (SSSR count). The lowest BCUT2D eigenvalue weighted by Crippen LogP contribution is -2.33. The van der Waals surface area contributed by atoms with Gasteiger partial charge in [0.15, 0.2) is 9.84 Å². The average Bonchev–Trinajstić information content (AvgIpc) is 2.35. The van der Waals surface area contributed by atoms with Crippen LogP contribution in [0.3, 0.4) is 0 Å². The van der Waals surface area contributed by atoms with E-state index in [0.29, 0.717) is 13.1 Å². The van der Waals surface area contributed by atoms with Crippen LogP contribution in [-0.2, 0) is 21.2 Å². The Labute approximate surface area is 114 Å². The number of benzene rings is 1. The largest absolute Gasteiger partial charge is 0.352 e. The Morgan fingerprint density at radius 1 is 1.26 bits per heavy atom. The van der Waals surface area contributed by atoms with E-state index in [9.17, 15) is 13.2 Å². The van der Waals surface area contributed by atoms with Gasteiger partial charge in [-0.25, -0.2) is 8.42 Å². The van der Waals surface area contributed by atoms with Crippen molar-refractivity contribution in [2.24, 2.45) is 5.92 Å². The molecule has 5 nitrogen and oxygen atoms in total. The second kappa shape index (κ2) is 6.68. The number of nitrogens with one attached hydrogen (secondary N) is 2. The summed E-state index contributed by atoms with van der Waals surface area (Å²) >= 11 is 0. The summed E-state index contributed by atoms with van der Waals surface area (Å²) in [5.74, 6) is -0.123. The predicted octanol–water partition coefficient (Wildman–Crippen LogP) is 0.562. The Kier molecular flexibility index (Phi) is 5.50. The first-order chi connectivity index (χ1) is 8.84. The van der Waals surface area contributed by atoms with E-state index < -0.39 is 9.84 Å². The highest BCUT2D eigenvalue weighted by molar-refractivity contribution is 7.90. The maximum absolute atomic E-state index is 11.7. The molecule has 0 heterocycles. The number of hydrogen-bond acceptors (Lipinski definition) is 4. The first kappa shape index (κ1) is 15.7. The second-order valence-electron chi connectivity index (χ2n) is 4.59. The molecule has 0 aliphatic carbocycles. The molecule has 0 spiro atoms. The molecule has 6 heteroatoms. The summed E-state index contributed by atoms with van der Waals surface area (Å²) in [6.07, 6.45) is 1.17. The predicted molar refractivity (Wildman–Crippen MR) is 74.5 cm³/mol. The third-order valence-electron chi connectivity index (χ3n) is 2.78. The number of sulfone groups is 1. The Bertz CT molecular complexity index is 523. The van der Waals surface area contributed by atoms with Gasteiger partial charge < -0.3 is 10.6 Å². The summed E-state index contributed by atoms with van der Waals surface area (Å²) in [5.41, 5.74) is 0.873. The molecule has 0 saturated heterocycles. The van der Waals surface area contributed by atoms with Crippen molar-refractivity contribution in [3.05, 3.63) is 29.8 Å². The zero-order valence-electron chi connectivity index (χ0n) is 11.4. The zero-order valence-corrected chi connectivity index (χ0v) is 12.3. The minimum atomic E-state index is -3.17. The van der Waals surface area contributed by atoms with Crippen LogP contribution in [0.2, 0.25) is 0 Å². The molecule has 1 atom stereocenters. The monoisotopic (exact) mass is 284 g/mol. The molecule has 0 saturated carbocycles. The van der Waals surface area contributed by atoms with E-state index in [1.165, 1.54) is 6.26 Å². The van der Waals surface area contributed by atoms with Crippen LogP contribution in [0.1, 0.15) is 12.5 Å². The van der Waals surface area contributed by atoms with Gasteiger partial charge in [-0.15, -0.1) is 0 Å². The van der Waals surface area contributed by atoms with Crippen LogP contribution in [0.4, 0.5) is 0 Å². The van der Waals surface area contributed by atoms with Gasteiger partial charge in [0.1, 0.15) is 0 Å². The molecular weight excluding hydrogens is 264 g/mol. The minimum Gasteiger partial charge on any atom is -0.352 e. The Morgan fingerprint density at radius 2 is 1.84 bits per heavy atom. The van der Waals surface area contributed by atoms with Gasteiger partial charge in [-0.1, -0.05) is 19.1 Å². The van der Waals surface area contributed by atoms with Crippen LogP contribution in [0, 0.1) is 5.92 Å². The van der Waals surface area contributed by atoms with Gasteiger partial charge in [0.25, 0.3) is 0 Å². The molecule has 19 heavy (non-hydrogen) atoms. The van der Waals surface area contributed by atoms with Crippen LogP contribution in [0.15, 0.2) is 29.2 Å². The maximum atomic E-state index is 11.7. The smallest absolute Gasteiger partial charge is 0.224 e. The van der Waals surface area contributed by atoms with E-state index in [1.807, 2.05) is 6.92 Å². The molecule has 106 valence electrons. The maximum Gasteiger partial charge on any atom is 0.224 e. The molecule has 2 N–H and O–H groups in total. The molecule has 1 aromatic rings. The molecule has 1 amide bonds. The average molecular weight is 284 g/mol. The summed E-state index contributed by atoms with van der Waals surface area (Å²) in [6.45, 7) is 2.87. The molecule has 0 bridgehead atoms. The van der Waals surface area contributed by atoms with E-state index >= 15 is 0 Å². The zero-order chi connectivity index (χ0) is 14.5. The lowest BCUT2D eigenvalue weighted by Gasteiger charge is -2.11. The van der Waals surface area contributed by atoms with E-state index in [4.69, 9.17) is 0 Å². The quantitative estimate of drug-likeness (QED) is 0.800. The van der Waals surface area contributed by atoms with Crippen molar-refractivity contribution in [1.29, 1.82) is 0 Å². The molecular formula is C13H20N2O3S. The molecule has 1 aromatic carbocycles. The lowest BCUT2D eigenvalue weighted by atomic mass is 10.1. The molecule has 0 fully saturated rings. The highest BCUT2D eigenvalue weighted by Gasteiger charge is 2.11. The number of carbonyl (C=O) groups excluding carboxylic acids is 1. The van der Waals surface area contributed by atoms with Crippen molar-refractivity contribution < 1.29 is 13.2 Å². The van der Waals surface area contributed by atoms with Gasteiger partial charge in [-0.3, -0.25) is 4.79 Å². The third kappa shape index (κ3) is 5.00. The summed E-state index contributed by atoms with van der Waals surface area (Å²) in [6, 6.07) is 6.51. The van der Waals surface area contributed by atoms with Gasteiger partial charge in [-0.2, -0.15) is 0 Å². The normalized spacial score (nSPS) is 13.0. The van der Waals surface area contributed by atoms with Gasteiger partial charge in [0, 0.05) is 25.3 Å². The van der Waals surface area contributed by atoms with Crippen molar-refractivity contribution in [2.75, 3.05) is 19.8 Å². The number of amides is 1. The first-order valence-corrected chi connectivity index (χ1v) is 7.95. The molecule has 0 aliphatic heterocycles. The van der Waals surface area contributed by atoms with Crippen molar-refractivity contribution >= 4 is 15.7 Å². The van der Waals surface area contributed by atoms with Gasteiger partial charge in [-0.05, 0) is 24.7 Å². The number of rotatable bonds is 6. The highest BCUT2D eigenvalue weighted by Crippen LogP contribution is 2.10. The second-order valence-corrected chi connectivity index (χ2v) is 6.61. The van der Waals surface area contributed by atoms with Crippen molar-refractivity contribution in [3.8, 4) is 0 Å². The first-order valence-electron chi connectivity index (χ1n) is 6.06. The fraction of sp³-hybridized carbons (Fsp3) is 0.462. The van der Waals surface area contributed by atoms with Crippen LogP contribution in [0.25, 0.3) is 0 Å². The van der Waals surface area contributed by atoms with E-state index in [0.717, 1.165) is 5.56 Å². The van der Waals surface area contributed by atoms with Gasteiger partial charge in [0.2, 0.25) is 5.91 Å². The van der Waals surface area contributed by atoms with Crippen LogP contribution < -0.4 is 10.6 Å². The molecule has 0 radical (unpaired) electrons. The standard InChI is InChI=1S/C13H20N2O3S/c1-10(8-14-2)13(16)15-9-11-4-6-12(7-5-11)19(3,17)18/h4-7,10,14H,8-9H2,1-3H3,(H,15,16). The van der Waals surface area contributed by atoms with Crippen LogP contribution in [-0.4, -0.2) is 34.2 Å². The van der Waals surface area contributed by atoms with E-state index in [1.54, 1.807) is 31.3 Å². The minimum absolute atomic E-state index is 0.0264. The third-order valence-corrected chi connectivity index (χ3v) is 3.90. The Hall–Kier alpha value is -1.40. The Morgan fingerprint density at radius 3 is 2.32 bits per heavy atom. The number of hydrogen-bond donors (Lipinski definition) is 2.